The molecule has 0 aromatic carbocycles. The number of ether oxygens (including phenoxy) is 3. The van der Waals surface area contributed by atoms with Gasteiger partial charge in [0.25, 0.3) is 0 Å². The van der Waals surface area contributed by atoms with E-state index in [2.05, 4.69) is 37.2 Å². The number of hydrogen-bond acceptors (Lipinski definition) is 13. The molecule has 2 saturated heterocycles. The summed E-state index contributed by atoms with van der Waals surface area (Å²) in [5.74, 6) is -0.694. The van der Waals surface area contributed by atoms with Crippen molar-refractivity contribution >= 4 is 59.1 Å². The van der Waals surface area contributed by atoms with Gasteiger partial charge >= 0.3 is 12.0 Å². The molecule has 0 aromatic rings. The monoisotopic (exact) mass is 1010 g/mol. The summed E-state index contributed by atoms with van der Waals surface area (Å²) >= 11 is 1.90. The van der Waals surface area contributed by atoms with Crippen molar-refractivity contribution in [3.8, 4) is 0 Å². The number of fused-ring (bicyclic) bond motifs is 1. The number of nitrogens with one attached hydrogen (secondary N) is 7. The van der Waals surface area contributed by atoms with Gasteiger partial charge in [-0.2, -0.15) is 11.8 Å². The van der Waals surface area contributed by atoms with Gasteiger partial charge in [0.2, 0.25) is 29.5 Å². The highest BCUT2D eigenvalue weighted by Crippen LogP contribution is 2.33. The van der Waals surface area contributed by atoms with Crippen molar-refractivity contribution in [3.63, 3.8) is 0 Å². The highest BCUT2D eigenvalue weighted by atomic mass is 32.2. The van der Waals surface area contributed by atoms with E-state index in [1.54, 1.807) is 0 Å². The zero-order valence-corrected chi connectivity index (χ0v) is 42.7. The number of hydrogen-bond donors (Lipinski definition) is 9. The lowest BCUT2D eigenvalue weighted by molar-refractivity contribution is -0.137. The van der Waals surface area contributed by atoms with Crippen molar-refractivity contribution in [2.24, 2.45) is 5.73 Å². The molecule has 0 spiro atoms. The molecule has 0 radical (unpaired) electrons. The molecule has 2 fully saturated rings. The van der Waals surface area contributed by atoms with Crippen LogP contribution in [0, 0.1) is 0 Å². The number of thioether (sulfide) groups is 1. The Bertz CT molecular complexity index is 1510. The van der Waals surface area contributed by atoms with Crippen LogP contribution in [0.4, 0.5) is 4.79 Å². The Labute approximate surface area is 420 Å². The number of carbonyl (C=O) groups is 8. The first kappa shape index (κ1) is 62.1. The van der Waals surface area contributed by atoms with Gasteiger partial charge in [0.15, 0.2) is 0 Å². The minimum Gasteiger partial charge on any atom is -0.481 e. The number of unbranched alkanes of at least 4 members (excludes halogenated alkanes) is 9. The highest BCUT2D eigenvalue weighted by molar-refractivity contribution is 8.00. The lowest BCUT2D eigenvalue weighted by Gasteiger charge is -2.19. The molecule has 0 aliphatic carbocycles. The highest BCUT2D eigenvalue weighted by Gasteiger charge is 2.42. The molecule has 70 heavy (non-hydrogen) atoms. The van der Waals surface area contributed by atoms with Crippen LogP contribution in [0.5, 0.6) is 0 Å². The fraction of sp³-hybridized carbons (Fsp3) is 0.837. The van der Waals surface area contributed by atoms with Crippen LogP contribution in [-0.4, -0.2) is 154 Å². The zero-order valence-electron chi connectivity index (χ0n) is 41.9. The number of carbonyl (C=O) groups excluding carboxylic acids is 7. The molecule has 4 atom stereocenters. The Balaban J connectivity index is 1.53. The number of urea groups is 1. The van der Waals surface area contributed by atoms with E-state index in [9.17, 15) is 38.4 Å². The second-order valence-corrected chi connectivity index (χ2v) is 19.4. The number of carboxylic acids is 1. The molecule has 2 rings (SSSR count). The summed E-state index contributed by atoms with van der Waals surface area (Å²) in [4.78, 5) is 97.0. The van der Waals surface area contributed by atoms with Gasteiger partial charge in [-0.25, -0.2) is 4.79 Å². The predicted molar refractivity (Wildman–Crippen MR) is 269 cm³/mol. The molecular weight excluding hydrogens is 925 g/mol. The Hall–Kier alpha value is -4.05. The minimum atomic E-state index is -0.853. The standard InChI is InChI=1S/C49H88N8O12S/c50-26-11-1-4-21-42(59)51-27-12-2-5-22-43(60)52-29-14-9-19-39(55-45(62)25-24-44(61)53-28-13-3-6-23-46(63)64)48(65)54-30-16-32-68-34-36-69-35-33-67-31-15-10-18-38(58)17-7-8-20-41-47-40(37-70-41)56-49(66)57-47/h39-41,47H,1-37,50H2,(H,51,59)(H,52,60)(H,53,61)(H,54,65)(H,55,62)(H,63,64)(H2,56,57,66)/t39-,40-,41-,47-/m0/s1. The molecule has 0 unspecified atom stereocenters. The van der Waals surface area contributed by atoms with Gasteiger partial charge in [-0.1, -0.05) is 25.7 Å². The van der Waals surface area contributed by atoms with Crippen LogP contribution < -0.4 is 43.0 Å². The lowest BCUT2D eigenvalue weighted by Crippen LogP contribution is -2.47. The van der Waals surface area contributed by atoms with E-state index in [-0.39, 0.29) is 61.0 Å². The second-order valence-electron chi connectivity index (χ2n) is 18.1. The normalized spacial score (nSPS) is 16.4. The molecule has 0 aromatic heterocycles. The molecule has 20 nitrogen and oxygen atoms in total. The minimum absolute atomic E-state index is 0.0460. The van der Waals surface area contributed by atoms with Gasteiger partial charge in [-0.3, -0.25) is 33.6 Å². The van der Waals surface area contributed by atoms with Crippen LogP contribution in [0.1, 0.15) is 161 Å². The van der Waals surface area contributed by atoms with Crippen molar-refractivity contribution in [2.45, 2.75) is 184 Å². The number of nitrogens with two attached hydrogens (primary N) is 1. The van der Waals surface area contributed by atoms with Crippen LogP contribution in [0.25, 0.3) is 0 Å². The smallest absolute Gasteiger partial charge is 0.315 e. The maximum atomic E-state index is 13.2. The average molecular weight is 1010 g/mol. The molecule has 0 saturated carbocycles. The van der Waals surface area contributed by atoms with Gasteiger partial charge in [0, 0.05) is 95.3 Å². The van der Waals surface area contributed by atoms with E-state index in [0.29, 0.717) is 160 Å². The predicted octanol–water partition coefficient (Wildman–Crippen LogP) is 3.52. The summed E-state index contributed by atoms with van der Waals surface area (Å²) in [6, 6.07) is -0.445. The molecule has 7 amide bonds. The fourth-order valence-corrected chi connectivity index (χ4v) is 9.51. The maximum absolute atomic E-state index is 13.2. The third-order valence-electron chi connectivity index (χ3n) is 12.0. The Morgan fingerprint density at radius 2 is 1.07 bits per heavy atom. The quantitative estimate of drug-likeness (QED) is 0.0312. The average Bonchev–Trinajstić information content (AvgIpc) is 3.90. The molecule has 2 aliphatic heterocycles. The number of rotatable bonds is 47. The Morgan fingerprint density at radius 3 is 1.70 bits per heavy atom. The summed E-state index contributed by atoms with van der Waals surface area (Å²) in [6.45, 7) is 5.02. The Morgan fingerprint density at radius 1 is 0.557 bits per heavy atom. The summed E-state index contributed by atoms with van der Waals surface area (Å²) in [7, 11) is 0. The molecule has 10 N–H and O–H groups in total. The lowest BCUT2D eigenvalue weighted by atomic mass is 10.0. The van der Waals surface area contributed by atoms with Crippen molar-refractivity contribution < 1.29 is 57.7 Å². The Kier molecular flexibility index (Phi) is 36.8. The number of carboxylic acid groups (broad SMARTS) is 1. The van der Waals surface area contributed by atoms with Crippen LogP contribution in [-0.2, 0) is 47.8 Å². The number of amides is 7. The third kappa shape index (κ3) is 33.5. The molecule has 0 bridgehead atoms. The molecule has 2 aliphatic rings. The van der Waals surface area contributed by atoms with E-state index in [4.69, 9.17) is 25.1 Å². The van der Waals surface area contributed by atoms with Crippen LogP contribution in [0.3, 0.4) is 0 Å². The molecule has 2 heterocycles. The SMILES string of the molecule is NCCCCCC(=O)NCCCCCC(=O)NCCCC[C@H](NC(=O)CCC(=O)NCCCCCC(=O)O)C(=O)NCCCOCCOCCOCCCCC(=O)CCCC[C@@H]1SC[C@@H]2NC(=O)N[C@@H]21. The van der Waals surface area contributed by atoms with Gasteiger partial charge in [0.05, 0.1) is 38.5 Å². The van der Waals surface area contributed by atoms with Gasteiger partial charge in [0.1, 0.15) is 11.8 Å². The topological polar surface area (TPSA) is 295 Å². The zero-order chi connectivity index (χ0) is 50.9. The van der Waals surface area contributed by atoms with E-state index >= 15 is 0 Å². The number of aliphatic carboxylic acids is 1. The first-order chi connectivity index (χ1) is 34.0. The van der Waals surface area contributed by atoms with Gasteiger partial charge in [-0.05, 0) is 96.4 Å². The van der Waals surface area contributed by atoms with Crippen molar-refractivity contribution in [1.82, 2.24) is 37.2 Å². The summed E-state index contributed by atoms with van der Waals surface area (Å²) in [6.07, 6.45) is 15.5. The van der Waals surface area contributed by atoms with Crippen LogP contribution in [0.2, 0.25) is 0 Å². The molecule has 402 valence electrons. The fourth-order valence-electron chi connectivity index (χ4n) is 7.97. The van der Waals surface area contributed by atoms with E-state index in [1.807, 2.05) is 11.8 Å². The first-order valence-corrected chi connectivity index (χ1v) is 27.3. The summed E-state index contributed by atoms with van der Waals surface area (Å²) < 4.78 is 16.9. The van der Waals surface area contributed by atoms with E-state index in [1.165, 1.54) is 0 Å². The second kappa shape index (κ2) is 41.6. The first-order valence-electron chi connectivity index (χ1n) is 26.2. The van der Waals surface area contributed by atoms with Gasteiger partial charge < -0.3 is 62.3 Å². The summed E-state index contributed by atoms with van der Waals surface area (Å²) in [5, 5.41) is 29.4. The van der Waals surface area contributed by atoms with Gasteiger partial charge in [-0.15, -0.1) is 0 Å². The van der Waals surface area contributed by atoms with Crippen LogP contribution >= 0.6 is 11.8 Å². The third-order valence-corrected chi connectivity index (χ3v) is 13.5. The van der Waals surface area contributed by atoms with E-state index in [0.717, 1.165) is 70.0 Å². The van der Waals surface area contributed by atoms with Crippen molar-refractivity contribution in [3.05, 3.63) is 0 Å². The molecule has 21 heteroatoms. The van der Waals surface area contributed by atoms with Crippen LogP contribution in [0.15, 0.2) is 0 Å². The molecular formula is C49H88N8O12S. The number of Topliss-reactive ketones (excluding diaryl/α,β-unsaturated/α-hetero) is 1. The largest absolute Gasteiger partial charge is 0.481 e. The summed E-state index contributed by atoms with van der Waals surface area (Å²) in [5.41, 5.74) is 5.48. The maximum Gasteiger partial charge on any atom is 0.315 e. The van der Waals surface area contributed by atoms with Crippen molar-refractivity contribution in [1.29, 1.82) is 0 Å². The number of ketones is 1. The van der Waals surface area contributed by atoms with Crippen molar-refractivity contribution in [2.75, 3.05) is 78.1 Å². The van der Waals surface area contributed by atoms with E-state index < -0.39 is 17.9 Å².